The van der Waals surface area contributed by atoms with Crippen molar-refractivity contribution in [3.8, 4) is 0 Å². The first-order valence-corrected chi connectivity index (χ1v) is 6.40. The van der Waals surface area contributed by atoms with Crippen molar-refractivity contribution in [3.63, 3.8) is 0 Å². The van der Waals surface area contributed by atoms with Crippen LogP contribution in [0.25, 0.3) is 0 Å². The monoisotopic (exact) mass is 290 g/mol. The molecular weight excluding hydrogens is 280 g/mol. The first-order valence-electron chi connectivity index (χ1n) is 4.39. The largest absolute Gasteiger partial charge is 0.481 e. The SMILES string of the molecule is CC(CC(=O)O)S(=O)c1ccccc1Br. The zero-order valence-corrected chi connectivity index (χ0v) is 10.5. The normalized spacial score (nSPS) is 14.5. The Morgan fingerprint density at radius 1 is 1.53 bits per heavy atom. The number of hydrogen-bond acceptors (Lipinski definition) is 2. The van der Waals surface area contributed by atoms with Gasteiger partial charge in [-0.2, -0.15) is 0 Å². The highest BCUT2D eigenvalue weighted by atomic mass is 79.9. The Morgan fingerprint density at radius 2 is 2.13 bits per heavy atom. The lowest BCUT2D eigenvalue weighted by molar-refractivity contribution is -0.136. The van der Waals surface area contributed by atoms with Crippen molar-refractivity contribution in [1.82, 2.24) is 0 Å². The maximum Gasteiger partial charge on any atom is 0.304 e. The summed E-state index contributed by atoms with van der Waals surface area (Å²) in [5, 5.41) is 8.22. The molecule has 2 atom stereocenters. The minimum atomic E-state index is -1.29. The predicted molar refractivity (Wildman–Crippen MR) is 62.3 cm³/mol. The van der Waals surface area contributed by atoms with E-state index in [1.807, 2.05) is 6.07 Å². The maximum atomic E-state index is 11.9. The number of carbonyl (C=O) groups is 1. The van der Waals surface area contributed by atoms with Gasteiger partial charge in [0.05, 0.1) is 22.1 Å². The maximum absolute atomic E-state index is 11.9. The van der Waals surface area contributed by atoms with E-state index in [-0.39, 0.29) is 11.7 Å². The molecule has 0 radical (unpaired) electrons. The molecule has 1 aromatic carbocycles. The molecule has 82 valence electrons. The summed E-state index contributed by atoms with van der Waals surface area (Å²) in [6.07, 6.45) is -0.0893. The molecule has 0 bridgehead atoms. The first kappa shape index (κ1) is 12.4. The highest BCUT2D eigenvalue weighted by Gasteiger charge is 2.18. The van der Waals surface area contributed by atoms with Crippen LogP contribution in [-0.4, -0.2) is 20.5 Å². The fourth-order valence-electron chi connectivity index (χ4n) is 1.15. The molecule has 0 amide bonds. The molecule has 15 heavy (non-hydrogen) atoms. The average molecular weight is 291 g/mol. The summed E-state index contributed by atoms with van der Waals surface area (Å²) in [4.78, 5) is 11.1. The van der Waals surface area contributed by atoms with Crippen LogP contribution < -0.4 is 0 Å². The van der Waals surface area contributed by atoms with Gasteiger partial charge in [0, 0.05) is 9.72 Å². The standard InChI is InChI=1S/C10H11BrO3S/c1-7(6-10(12)13)15(14)9-5-3-2-4-8(9)11/h2-5,7H,6H2,1H3,(H,12,13). The number of carboxylic acids is 1. The molecule has 5 heteroatoms. The van der Waals surface area contributed by atoms with Gasteiger partial charge in [-0.1, -0.05) is 12.1 Å². The Labute approximate surface area is 99.1 Å². The van der Waals surface area contributed by atoms with E-state index >= 15 is 0 Å². The zero-order valence-electron chi connectivity index (χ0n) is 8.14. The fourth-order valence-corrected chi connectivity index (χ4v) is 3.11. The number of hydrogen-bond donors (Lipinski definition) is 1. The summed E-state index contributed by atoms with van der Waals surface area (Å²) in [6.45, 7) is 1.67. The molecule has 1 N–H and O–H groups in total. The van der Waals surface area contributed by atoms with Gasteiger partial charge in [0.15, 0.2) is 0 Å². The third-order valence-electron chi connectivity index (χ3n) is 1.88. The minimum Gasteiger partial charge on any atom is -0.481 e. The van der Waals surface area contributed by atoms with Crippen LogP contribution in [0.4, 0.5) is 0 Å². The molecule has 0 saturated carbocycles. The average Bonchev–Trinajstić information content (AvgIpc) is 2.16. The summed E-state index contributed by atoms with van der Waals surface area (Å²) in [6, 6.07) is 7.14. The predicted octanol–water partition coefficient (Wildman–Crippen LogP) is 2.42. The third kappa shape index (κ3) is 3.43. The Hall–Kier alpha value is -0.680. The van der Waals surface area contributed by atoms with Crippen molar-refractivity contribution in [2.24, 2.45) is 0 Å². The fraction of sp³-hybridized carbons (Fsp3) is 0.300. The van der Waals surface area contributed by atoms with Gasteiger partial charge in [-0.05, 0) is 35.0 Å². The van der Waals surface area contributed by atoms with E-state index in [0.29, 0.717) is 4.90 Å². The Morgan fingerprint density at radius 3 is 2.67 bits per heavy atom. The molecular formula is C10H11BrO3S. The molecule has 1 rings (SSSR count). The second kappa shape index (κ2) is 5.42. The van der Waals surface area contributed by atoms with Crippen LogP contribution in [-0.2, 0) is 15.6 Å². The van der Waals surface area contributed by atoms with E-state index in [9.17, 15) is 9.00 Å². The quantitative estimate of drug-likeness (QED) is 0.927. The van der Waals surface area contributed by atoms with Crippen LogP contribution in [0.3, 0.4) is 0 Å². The van der Waals surface area contributed by atoms with Gasteiger partial charge in [0.1, 0.15) is 0 Å². The molecule has 0 aliphatic heterocycles. The molecule has 0 spiro atoms. The molecule has 0 aromatic heterocycles. The second-order valence-corrected chi connectivity index (χ2v) is 5.83. The van der Waals surface area contributed by atoms with Crippen molar-refractivity contribution in [2.75, 3.05) is 0 Å². The summed E-state index contributed by atoms with van der Waals surface area (Å²) in [7, 11) is -1.29. The Balaban J connectivity index is 2.85. The van der Waals surface area contributed by atoms with Crippen LogP contribution in [0.15, 0.2) is 33.6 Å². The highest BCUT2D eigenvalue weighted by molar-refractivity contribution is 9.10. The third-order valence-corrected chi connectivity index (χ3v) is 4.52. The number of aliphatic carboxylic acids is 1. The summed E-state index contributed by atoms with van der Waals surface area (Å²) >= 11 is 3.29. The molecule has 0 saturated heterocycles. The van der Waals surface area contributed by atoms with Gasteiger partial charge in [0.2, 0.25) is 0 Å². The van der Waals surface area contributed by atoms with Crippen LogP contribution in [0.1, 0.15) is 13.3 Å². The van der Waals surface area contributed by atoms with Gasteiger partial charge >= 0.3 is 5.97 Å². The van der Waals surface area contributed by atoms with Crippen molar-refractivity contribution in [3.05, 3.63) is 28.7 Å². The number of halogens is 1. The van der Waals surface area contributed by atoms with Gasteiger partial charge in [-0.3, -0.25) is 9.00 Å². The zero-order chi connectivity index (χ0) is 11.4. The van der Waals surface area contributed by atoms with Crippen molar-refractivity contribution in [2.45, 2.75) is 23.5 Å². The summed E-state index contributed by atoms with van der Waals surface area (Å²) in [5.41, 5.74) is 0. The van der Waals surface area contributed by atoms with E-state index in [1.54, 1.807) is 25.1 Å². The molecule has 3 nitrogen and oxygen atoms in total. The molecule has 1 aromatic rings. The van der Waals surface area contributed by atoms with E-state index in [0.717, 1.165) is 4.47 Å². The lowest BCUT2D eigenvalue weighted by Gasteiger charge is -2.09. The summed E-state index contributed by atoms with van der Waals surface area (Å²) < 4.78 is 12.7. The van der Waals surface area contributed by atoms with E-state index in [1.165, 1.54) is 0 Å². The lowest BCUT2D eigenvalue weighted by atomic mass is 10.3. The number of benzene rings is 1. The van der Waals surface area contributed by atoms with E-state index in [2.05, 4.69) is 15.9 Å². The highest BCUT2D eigenvalue weighted by Crippen LogP contribution is 2.22. The van der Waals surface area contributed by atoms with Crippen molar-refractivity contribution in [1.29, 1.82) is 0 Å². The number of carboxylic acid groups (broad SMARTS) is 1. The number of rotatable bonds is 4. The molecule has 0 aliphatic rings. The molecule has 2 unspecified atom stereocenters. The van der Waals surface area contributed by atoms with Crippen LogP contribution >= 0.6 is 15.9 Å². The van der Waals surface area contributed by atoms with Crippen LogP contribution in [0.5, 0.6) is 0 Å². The van der Waals surface area contributed by atoms with Crippen molar-refractivity contribution >= 4 is 32.7 Å². The van der Waals surface area contributed by atoms with Crippen LogP contribution in [0.2, 0.25) is 0 Å². The van der Waals surface area contributed by atoms with Crippen molar-refractivity contribution < 1.29 is 14.1 Å². The molecule has 0 fully saturated rings. The Kier molecular flexibility index (Phi) is 4.47. The van der Waals surface area contributed by atoms with Gasteiger partial charge in [-0.15, -0.1) is 0 Å². The second-order valence-electron chi connectivity index (χ2n) is 3.14. The molecule has 0 aliphatic carbocycles. The van der Waals surface area contributed by atoms with Gasteiger partial charge in [-0.25, -0.2) is 0 Å². The molecule has 0 heterocycles. The topological polar surface area (TPSA) is 54.4 Å². The van der Waals surface area contributed by atoms with E-state index in [4.69, 9.17) is 5.11 Å². The van der Waals surface area contributed by atoms with Gasteiger partial charge < -0.3 is 5.11 Å². The van der Waals surface area contributed by atoms with E-state index < -0.39 is 16.8 Å². The first-order chi connectivity index (χ1) is 7.02. The smallest absolute Gasteiger partial charge is 0.304 e. The van der Waals surface area contributed by atoms with Crippen LogP contribution in [0, 0.1) is 0 Å². The minimum absolute atomic E-state index is 0.0893. The van der Waals surface area contributed by atoms with Gasteiger partial charge in [0.25, 0.3) is 0 Å². The Bertz CT molecular complexity index is 392. The lowest BCUT2D eigenvalue weighted by Crippen LogP contribution is -2.16. The summed E-state index contributed by atoms with van der Waals surface area (Å²) in [5.74, 6) is -0.928.